The number of nitrogens with zero attached hydrogens (tertiary/aromatic N) is 3. The molecule has 1 saturated carbocycles. The maximum Gasteiger partial charge on any atom is 0.194 e. The minimum Gasteiger partial charge on any atom is -0.395 e. The molecule has 2 heterocycles. The predicted molar refractivity (Wildman–Crippen MR) is 143 cm³/mol. The second-order valence-electron chi connectivity index (χ2n) is 10.8. The third kappa shape index (κ3) is 5.22. The summed E-state index contributed by atoms with van der Waals surface area (Å²) in [6.45, 7) is 1.62. The molecule has 1 aromatic heterocycles. The maximum atomic E-state index is 13.8. The van der Waals surface area contributed by atoms with Gasteiger partial charge in [-0.25, -0.2) is 28.7 Å². The molecule has 0 bridgehead atoms. The average molecular weight is 566 g/mol. The number of aliphatic hydroxyl groups is 4. The van der Waals surface area contributed by atoms with Crippen molar-refractivity contribution < 1.29 is 33.6 Å². The van der Waals surface area contributed by atoms with E-state index in [1.807, 2.05) is 31.2 Å². The highest BCUT2D eigenvalue weighted by molar-refractivity contribution is 8.18. The van der Waals surface area contributed by atoms with Crippen molar-refractivity contribution in [2.24, 2.45) is 0 Å². The molecule has 2 fully saturated rings. The summed E-state index contributed by atoms with van der Waals surface area (Å²) in [5.41, 5.74) is 0.944. The molecule has 2 unspecified atom stereocenters. The van der Waals surface area contributed by atoms with Gasteiger partial charge in [0.05, 0.1) is 30.6 Å². The van der Waals surface area contributed by atoms with Crippen LogP contribution in [0.15, 0.2) is 42.6 Å². The summed E-state index contributed by atoms with van der Waals surface area (Å²) in [5.74, 6) is -4.10. The molecular weight excluding hydrogens is 531 g/mol. The van der Waals surface area contributed by atoms with Crippen LogP contribution in [0.25, 0.3) is 11.3 Å². The predicted octanol–water partition coefficient (Wildman–Crippen LogP) is 3.75. The fourth-order valence-electron chi connectivity index (χ4n) is 6.32. The summed E-state index contributed by atoms with van der Waals surface area (Å²) in [7, 11) is -1.31. The van der Waals surface area contributed by atoms with Gasteiger partial charge in [0.1, 0.15) is 11.7 Å². The number of halogens is 3. The Bertz CT molecular complexity index is 1300. The fourth-order valence-corrected chi connectivity index (χ4v) is 10.1. The molecule has 2 aliphatic rings. The Kier molecular flexibility index (Phi) is 8.08. The summed E-state index contributed by atoms with van der Waals surface area (Å²) in [6.07, 6.45) is 3.01. The monoisotopic (exact) mass is 565 g/mol. The van der Waals surface area contributed by atoms with Crippen molar-refractivity contribution in [1.82, 2.24) is 15.0 Å². The summed E-state index contributed by atoms with van der Waals surface area (Å²) in [5, 5.41) is 52.3. The van der Waals surface area contributed by atoms with Crippen LogP contribution in [-0.2, 0) is 0 Å². The molecule has 6 atom stereocenters. The van der Waals surface area contributed by atoms with Gasteiger partial charge in [-0.1, -0.05) is 48.7 Å². The molecule has 2 aromatic carbocycles. The number of rotatable bonds is 6. The molecule has 4 N–H and O–H groups in total. The molecular formula is C28H34F3N3O4S. The van der Waals surface area contributed by atoms with Gasteiger partial charge in [0.2, 0.25) is 0 Å². The molecule has 1 aliphatic carbocycles. The minimum atomic E-state index is -1.59. The number of aryl methyl sites for hydroxylation is 1. The van der Waals surface area contributed by atoms with Crippen molar-refractivity contribution in [1.29, 1.82) is 0 Å². The van der Waals surface area contributed by atoms with Crippen molar-refractivity contribution in [3.8, 4) is 11.3 Å². The topological polar surface area (TPSA) is 112 Å². The molecule has 212 valence electrons. The van der Waals surface area contributed by atoms with Crippen molar-refractivity contribution in [3.05, 3.63) is 71.2 Å². The Morgan fingerprint density at radius 3 is 2.38 bits per heavy atom. The first-order valence-corrected chi connectivity index (χ1v) is 14.9. The van der Waals surface area contributed by atoms with Crippen LogP contribution in [0.4, 0.5) is 13.2 Å². The number of aliphatic hydroxyl groups excluding tert-OH is 3. The number of hydrogen-bond donors (Lipinski definition) is 5. The van der Waals surface area contributed by atoms with Crippen molar-refractivity contribution in [2.45, 2.75) is 73.4 Å². The zero-order valence-electron chi connectivity index (χ0n) is 21.6. The Morgan fingerprint density at radius 2 is 1.74 bits per heavy atom. The van der Waals surface area contributed by atoms with Gasteiger partial charge >= 0.3 is 0 Å². The Morgan fingerprint density at radius 1 is 1.08 bits per heavy atom. The molecule has 5 rings (SSSR count). The molecule has 0 radical (unpaired) electrons. The average Bonchev–Trinajstić information content (AvgIpc) is 3.38. The first-order valence-electron chi connectivity index (χ1n) is 13.2. The highest BCUT2D eigenvalue weighted by atomic mass is 32.2. The zero-order valence-corrected chi connectivity index (χ0v) is 22.5. The second kappa shape index (κ2) is 11.2. The lowest BCUT2D eigenvalue weighted by Crippen LogP contribution is -2.53. The SMILES string of the molecule is Cc1ccccc1C([SH]1C[C@H](O)[C@H](n2cc(-c3cc(F)c(F)c(F)c3)nn2)[C@@H](O)[C@H]1CO)C1(O)CCCCC1. The smallest absolute Gasteiger partial charge is 0.194 e. The Hall–Kier alpha value is -2.44. The van der Waals surface area contributed by atoms with Gasteiger partial charge in [-0.3, -0.25) is 0 Å². The normalized spacial score (nSPS) is 28.8. The van der Waals surface area contributed by atoms with Crippen LogP contribution in [0.5, 0.6) is 0 Å². The lowest BCUT2D eigenvalue weighted by Gasteiger charge is -2.53. The van der Waals surface area contributed by atoms with Gasteiger partial charge in [0.15, 0.2) is 17.5 Å². The number of hydrogen-bond acceptors (Lipinski definition) is 6. The summed E-state index contributed by atoms with van der Waals surface area (Å²) in [4.78, 5) is 0. The molecule has 39 heavy (non-hydrogen) atoms. The van der Waals surface area contributed by atoms with E-state index in [4.69, 9.17) is 0 Å². The molecule has 0 amide bonds. The van der Waals surface area contributed by atoms with E-state index in [9.17, 15) is 33.6 Å². The van der Waals surface area contributed by atoms with Gasteiger partial charge in [0, 0.05) is 21.8 Å². The van der Waals surface area contributed by atoms with Crippen molar-refractivity contribution in [3.63, 3.8) is 0 Å². The second-order valence-corrected chi connectivity index (χ2v) is 13.3. The molecule has 1 aliphatic heterocycles. The number of aromatic nitrogens is 3. The van der Waals surface area contributed by atoms with Gasteiger partial charge < -0.3 is 20.4 Å². The lowest BCUT2D eigenvalue weighted by molar-refractivity contribution is -0.00734. The van der Waals surface area contributed by atoms with E-state index in [1.54, 1.807) is 0 Å². The maximum absolute atomic E-state index is 13.8. The Balaban J connectivity index is 1.49. The van der Waals surface area contributed by atoms with E-state index in [0.717, 1.165) is 42.5 Å². The van der Waals surface area contributed by atoms with Crippen LogP contribution >= 0.6 is 10.9 Å². The molecule has 3 aromatic rings. The first-order chi connectivity index (χ1) is 18.6. The largest absolute Gasteiger partial charge is 0.395 e. The fraction of sp³-hybridized carbons (Fsp3) is 0.500. The van der Waals surface area contributed by atoms with Crippen LogP contribution in [0, 0.1) is 24.4 Å². The number of thiol groups is 1. The van der Waals surface area contributed by atoms with E-state index in [-0.39, 0.29) is 28.9 Å². The lowest BCUT2D eigenvalue weighted by atomic mass is 9.79. The van der Waals surface area contributed by atoms with Gasteiger partial charge in [0.25, 0.3) is 0 Å². The summed E-state index contributed by atoms with van der Waals surface area (Å²) < 4.78 is 42.2. The van der Waals surface area contributed by atoms with Crippen LogP contribution in [-0.4, -0.2) is 70.8 Å². The van der Waals surface area contributed by atoms with E-state index in [0.29, 0.717) is 12.8 Å². The van der Waals surface area contributed by atoms with E-state index >= 15 is 0 Å². The molecule has 0 spiro atoms. The zero-order chi connectivity index (χ0) is 27.9. The van der Waals surface area contributed by atoms with Gasteiger partial charge in [-0.2, -0.15) is 0 Å². The quantitative estimate of drug-likeness (QED) is 0.230. The van der Waals surface area contributed by atoms with Gasteiger partial charge in [-0.15, -0.1) is 5.10 Å². The van der Waals surface area contributed by atoms with Crippen LogP contribution < -0.4 is 0 Å². The molecule has 7 nitrogen and oxygen atoms in total. The minimum absolute atomic E-state index is 0.0369. The number of benzene rings is 2. The van der Waals surface area contributed by atoms with Crippen LogP contribution in [0.1, 0.15) is 54.5 Å². The van der Waals surface area contributed by atoms with E-state index < -0.39 is 57.4 Å². The van der Waals surface area contributed by atoms with Gasteiger partial charge in [-0.05, 0) is 43.0 Å². The van der Waals surface area contributed by atoms with Crippen molar-refractivity contribution in [2.75, 3.05) is 12.4 Å². The van der Waals surface area contributed by atoms with E-state index in [1.165, 1.54) is 10.9 Å². The third-order valence-electron chi connectivity index (χ3n) is 8.29. The Labute approximate surface area is 227 Å². The van der Waals surface area contributed by atoms with Crippen LogP contribution in [0.3, 0.4) is 0 Å². The van der Waals surface area contributed by atoms with E-state index in [2.05, 4.69) is 10.3 Å². The first kappa shape index (κ1) is 28.1. The highest BCUT2D eigenvalue weighted by Crippen LogP contribution is 2.60. The summed E-state index contributed by atoms with van der Waals surface area (Å²) in [6, 6.07) is 8.42. The van der Waals surface area contributed by atoms with Crippen molar-refractivity contribution >= 4 is 10.9 Å². The molecule has 1 saturated heterocycles. The molecule has 11 heteroatoms. The third-order valence-corrected chi connectivity index (χ3v) is 11.8. The highest BCUT2D eigenvalue weighted by Gasteiger charge is 2.51. The van der Waals surface area contributed by atoms with Crippen LogP contribution in [0.2, 0.25) is 0 Å². The standard InChI is InChI=1S/C28H34F3N3O4S/c1-16-7-3-4-8-18(16)27(28(38)9-5-2-6-10-28)39-15-22(36)25(26(37)23(39)14-35)34-13-21(32-33-34)17-11-19(29)24(31)20(30)12-17/h3-4,7-8,11-13,22-23,25-27,35-39H,2,5-6,9-10,14-15H2,1H3/t22-,23+,25-,26-,27?/m0/s1. The summed E-state index contributed by atoms with van der Waals surface area (Å²) >= 11 is 0.